The number of aromatic nitrogens is 2. The summed E-state index contributed by atoms with van der Waals surface area (Å²) in [6.07, 6.45) is 0.803. The van der Waals surface area contributed by atoms with E-state index in [0.717, 1.165) is 28.8 Å². The van der Waals surface area contributed by atoms with Crippen molar-refractivity contribution >= 4 is 11.0 Å². The predicted octanol–water partition coefficient (Wildman–Crippen LogP) is 1.23. The highest BCUT2D eigenvalue weighted by atomic mass is 15.0. The fourth-order valence-electron chi connectivity index (χ4n) is 1.91. The van der Waals surface area contributed by atoms with E-state index in [1.165, 1.54) is 0 Å². The molecule has 0 aliphatic carbocycles. The highest BCUT2D eigenvalue weighted by Crippen LogP contribution is 2.20. The lowest BCUT2D eigenvalue weighted by Crippen LogP contribution is -2.15. The van der Waals surface area contributed by atoms with Crippen LogP contribution in [0.2, 0.25) is 0 Å². The van der Waals surface area contributed by atoms with E-state index in [2.05, 4.69) is 27.8 Å². The molecule has 1 aromatic heterocycles. The Morgan fingerprint density at radius 2 is 2.19 bits per heavy atom. The third-order valence-electron chi connectivity index (χ3n) is 3.03. The van der Waals surface area contributed by atoms with Gasteiger partial charge in [-0.3, -0.25) is 0 Å². The van der Waals surface area contributed by atoms with Crippen LogP contribution in [-0.4, -0.2) is 16.1 Å². The second-order valence-corrected chi connectivity index (χ2v) is 4.15. The van der Waals surface area contributed by atoms with Crippen LogP contribution in [0.4, 0.5) is 0 Å². The quantitative estimate of drug-likeness (QED) is 0.814. The topological polar surface area (TPSA) is 69.9 Å². The van der Waals surface area contributed by atoms with E-state index in [4.69, 9.17) is 11.5 Å². The first-order valence-electron chi connectivity index (χ1n) is 5.52. The van der Waals surface area contributed by atoms with E-state index in [0.29, 0.717) is 6.54 Å². The Balaban J connectivity index is 2.44. The molecule has 1 heterocycles. The van der Waals surface area contributed by atoms with Crippen LogP contribution in [-0.2, 0) is 7.05 Å². The van der Waals surface area contributed by atoms with Gasteiger partial charge < -0.3 is 16.0 Å². The van der Waals surface area contributed by atoms with E-state index in [1.807, 2.05) is 14.0 Å². The van der Waals surface area contributed by atoms with Crippen LogP contribution in [0, 0.1) is 6.92 Å². The van der Waals surface area contributed by atoms with Gasteiger partial charge in [-0.2, -0.15) is 0 Å². The fourth-order valence-corrected chi connectivity index (χ4v) is 1.91. The molecule has 0 aliphatic heterocycles. The van der Waals surface area contributed by atoms with E-state index in [1.54, 1.807) is 0 Å². The maximum atomic E-state index is 6.03. The Morgan fingerprint density at radius 3 is 2.88 bits per heavy atom. The lowest BCUT2D eigenvalue weighted by Gasteiger charge is -2.10. The third-order valence-corrected chi connectivity index (χ3v) is 3.03. The second kappa shape index (κ2) is 4.23. The lowest BCUT2D eigenvalue weighted by molar-refractivity contribution is 0.662. The molecule has 0 saturated heterocycles. The maximum Gasteiger partial charge on any atom is 0.106 e. The minimum absolute atomic E-state index is 0.0108. The molecular weight excluding hydrogens is 200 g/mol. The number of nitrogens with two attached hydrogens (primary N) is 2. The summed E-state index contributed by atoms with van der Waals surface area (Å²) in [5, 5.41) is 0. The standard InChI is InChI=1S/C12H18N4/c1-8-15-11-7-9(10(14)5-6-13)3-4-12(11)16(8)2/h3-4,7,10H,5-6,13-14H2,1-2H3. The number of imidazole rings is 1. The van der Waals surface area contributed by atoms with Gasteiger partial charge in [0, 0.05) is 13.1 Å². The van der Waals surface area contributed by atoms with Crippen molar-refractivity contribution in [1.82, 2.24) is 9.55 Å². The Bertz CT molecular complexity index is 501. The van der Waals surface area contributed by atoms with E-state index in [-0.39, 0.29) is 6.04 Å². The number of benzene rings is 1. The molecule has 0 aliphatic rings. The highest BCUT2D eigenvalue weighted by Gasteiger charge is 2.09. The zero-order chi connectivity index (χ0) is 11.7. The Labute approximate surface area is 95.3 Å². The summed E-state index contributed by atoms with van der Waals surface area (Å²) in [5.74, 6) is 1.01. The molecule has 2 rings (SSSR count). The van der Waals surface area contributed by atoms with Gasteiger partial charge >= 0.3 is 0 Å². The zero-order valence-corrected chi connectivity index (χ0v) is 9.77. The Kier molecular flexibility index (Phi) is 2.94. The van der Waals surface area contributed by atoms with Crippen LogP contribution >= 0.6 is 0 Å². The molecule has 4 heteroatoms. The number of rotatable bonds is 3. The molecular formula is C12H18N4. The second-order valence-electron chi connectivity index (χ2n) is 4.15. The molecule has 2 aromatic rings. The summed E-state index contributed by atoms with van der Waals surface area (Å²) in [5.41, 5.74) is 14.8. The van der Waals surface area contributed by atoms with Crippen molar-refractivity contribution in [3.8, 4) is 0 Å². The van der Waals surface area contributed by atoms with Gasteiger partial charge in [-0.05, 0) is 37.6 Å². The molecule has 0 radical (unpaired) electrons. The summed E-state index contributed by atoms with van der Waals surface area (Å²) in [4.78, 5) is 4.49. The van der Waals surface area contributed by atoms with Crippen LogP contribution in [0.15, 0.2) is 18.2 Å². The number of hydrogen-bond acceptors (Lipinski definition) is 3. The van der Waals surface area contributed by atoms with Crippen molar-refractivity contribution in [3.05, 3.63) is 29.6 Å². The minimum Gasteiger partial charge on any atom is -0.331 e. The van der Waals surface area contributed by atoms with Gasteiger partial charge in [0.15, 0.2) is 0 Å². The summed E-state index contributed by atoms with van der Waals surface area (Å²) in [6, 6.07) is 6.20. The molecule has 16 heavy (non-hydrogen) atoms. The van der Waals surface area contributed by atoms with Crippen LogP contribution in [0.25, 0.3) is 11.0 Å². The molecule has 1 atom stereocenters. The van der Waals surface area contributed by atoms with Crippen molar-refractivity contribution in [2.45, 2.75) is 19.4 Å². The van der Waals surface area contributed by atoms with Crippen molar-refractivity contribution in [2.24, 2.45) is 18.5 Å². The van der Waals surface area contributed by atoms with Gasteiger partial charge in [0.25, 0.3) is 0 Å². The number of aryl methyl sites for hydroxylation is 2. The first kappa shape index (κ1) is 11.1. The molecule has 0 spiro atoms. The minimum atomic E-state index is 0.0108. The van der Waals surface area contributed by atoms with Crippen LogP contribution < -0.4 is 11.5 Å². The van der Waals surface area contributed by atoms with Gasteiger partial charge in [0.05, 0.1) is 11.0 Å². The monoisotopic (exact) mass is 218 g/mol. The van der Waals surface area contributed by atoms with Gasteiger partial charge in [-0.25, -0.2) is 4.98 Å². The third kappa shape index (κ3) is 1.81. The van der Waals surface area contributed by atoms with Gasteiger partial charge in [0.2, 0.25) is 0 Å². The zero-order valence-electron chi connectivity index (χ0n) is 9.77. The predicted molar refractivity (Wildman–Crippen MR) is 66.1 cm³/mol. The van der Waals surface area contributed by atoms with Gasteiger partial charge in [-0.1, -0.05) is 6.07 Å². The number of hydrogen-bond donors (Lipinski definition) is 2. The lowest BCUT2D eigenvalue weighted by atomic mass is 10.0. The summed E-state index contributed by atoms with van der Waals surface area (Å²) in [7, 11) is 2.02. The maximum absolute atomic E-state index is 6.03. The molecule has 4 N–H and O–H groups in total. The summed E-state index contributed by atoms with van der Waals surface area (Å²) < 4.78 is 2.08. The smallest absolute Gasteiger partial charge is 0.106 e. The molecule has 0 bridgehead atoms. The average Bonchev–Trinajstić information content (AvgIpc) is 2.55. The Morgan fingerprint density at radius 1 is 1.44 bits per heavy atom. The average molecular weight is 218 g/mol. The Hall–Kier alpha value is -1.39. The normalized spacial score (nSPS) is 13.2. The van der Waals surface area contributed by atoms with Crippen LogP contribution in [0.3, 0.4) is 0 Å². The largest absolute Gasteiger partial charge is 0.331 e. The number of fused-ring (bicyclic) bond motifs is 1. The van der Waals surface area contributed by atoms with Gasteiger partial charge in [-0.15, -0.1) is 0 Å². The molecule has 1 aromatic carbocycles. The first-order chi connectivity index (χ1) is 7.63. The molecule has 86 valence electrons. The molecule has 0 amide bonds. The van der Waals surface area contributed by atoms with Crippen molar-refractivity contribution in [1.29, 1.82) is 0 Å². The van der Waals surface area contributed by atoms with E-state index in [9.17, 15) is 0 Å². The molecule has 0 saturated carbocycles. The van der Waals surface area contributed by atoms with Crippen LogP contribution in [0.1, 0.15) is 23.9 Å². The first-order valence-corrected chi connectivity index (χ1v) is 5.52. The molecule has 0 fully saturated rings. The fraction of sp³-hybridized carbons (Fsp3) is 0.417. The molecule has 1 unspecified atom stereocenters. The number of nitrogens with zero attached hydrogens (tertiary/aromatic N) is 2. The summed E-state index contributed by atoms with van der Waals surface area (Å²) >= 11 is 0. The van der Waals surface area contributed by atoms with Gasteiger partial charge in [0.1, 0.15) is 5.82 Å². The van der Waals surface area contributed by atoms with E-state index < -0.39 is 0 Å². The highest BCUT2D eigenvalue weighted by molar-refractivity contribution is 5.76. The van der Waals surface area contributed by atoms with Crippen molar-refractivity contribution < 1.29 is 0 Å². The van der Waals surface area contributed by atoms with Crippen molar-refractivity contribution in [2.75, 3.05) is 6.54 Å². The van der Waals surface area contributed by atoms with Crippen molar-refractivity contribution in [3.63, 3.8) is 0 Å². The SMILES string of the molecule is Cc1nc2cc(C(N)CCN)ccc2n1C. The van der Waals surface area contributed by atoms with Crippen LogP contribution in [0.5, 0.6) is 0 Å². The summed E-state index contributed by atoms with van der Waals surface area (Å²) in [6.45, 7) is 2.61. The van der Waals surface area contributed by atoms with E-state index >= 15 is 0 Å². The molecule has 4 nitrogen and oxygen atoms in total.